The van der Waals surface area contributed by atoms with Crippen LogP contribution in [-0.4, -0.2) is 68.7 Å². The zero-order valence-electron chi connectivity index (χ0n) is 16.4. The first-order valence-electron chi connectivity index (χ1n) is 10.1. The highest BCUT2D eigenvalue weighted by Crippen LogP contribution is 2.21. The lowest BCUT2D eigenvalue weighted by Crippen LogP contribution is -2.43. The number of hydrogen-bond donors (Lipinski definition) is 1. The van der Waals surface area contributed by atoms with Gasteiger partial charge in [-0.15, -0.1) is 0 Å². The summed E-state index contributed by atoms with van der Waals surface area (Å²) in [5.74, 6) is 0.861. The Labute approximate surface area is 154 Å². The molecule has 0 saturated carbocycles. The molecule has 0 unspecified atom stereocenters. The van der Waals surface area contributed by atoms with Crippen molar-refractivity contribution in [2.24, 2.45) is 5.92 Å². The maximum atomic E-state index is 3.42. The van der Waals surface area contributed by atoms with Crippen molar-refractivity contribution in [2.45, 2.75) is 39.3 Å². The highest BCUT2D eigenvalue weighted by Gasteiger charge is 2.21. The van der Waals surface area contributed by atoms with E-state index >= 15 is 0 Å². The average molecular weight is 345 g/mol. The Morgan fingerprint density at radius 3 is 2.28 bits per heavy atom. The first-order valence-corrected chi connectivity index (χ1v) is 10.1. The van der Waals surface area contributed by atoms with Crippen molar-refractivity contribution in [3.05, 3.63) is 29.8 Å². The minimum Gasteiger partial charge on any atom is -0.369 e. The van der Waals surface area contributed by atoms with Gasteiger partial charge in [0.1, 0.15) is 0 Å². The molecule has 4 nitrogen and oxygen atoms in total. The Kier molecular flexibility index (Phi) is 6.74. The molecule has 1 aromatic rings. The van der Waals surface area contributed by atoms with Crippen molar-refractivity contribution >= 4 is 5.69 Å². The Morgan fingerprint density at radius 2 is 1.68 bits per heavy atom. The van der Waals surface area contributed by atoms with Gasteiger partial charge in [0.05, 0.1) is 0 Å². The molecule has 25 heavy (non-hydrogen) atoms. The molecule has 140 valence electrons. The smallest absolute Gasteiger partial charge is 0.0367 e. The summed E-state index contributed by atoms with van der Waals surface area (Å²) in [6, 6.07) is 9.93. The normalized spacial score (nSPS) is 20.6. The molecule has 0 radical (unpaired) electrons. The Balaban J connectivity index is 1.44. The summed E-state index contributed by atoms with van der Waals surface area (Å²) in [4.78, 5) is 7.60. The molecule has 0 spiro atoms. The maximum Gasteiger partial charge on any atom is 0.0367 e. The van der Waals surface area contributed by atoms with Crippen LogP contribution in [0.25, 0.3) is 0 Å². The number of nitrogens with zero attached hydrogens (tertiary/aromatic N) is 3. The third kappa shape index (κ3) is 5.44. The van der Waals surface area contributed by atoms with Crippen LogP contribution >= 0.6 is 0 Å². The molecule has 0 aromatic heterocycles. The fraction of sp³-hybridized carbons (Fsp3) is 0.714. The van der Waals surface area contributed by atoms with E-state index in [1.807, 2.05) is 0 Å². The number of piperidine rings is 1. The van der Waals surface area contributed by atoms with E-state index < -0.39 is 0 Å². The first-order chi connectivity index (χ1) is 12.1. The monoisotopic (exact) mass is 344 g/mol. The lowest BCUT2D eigenvalue weighted by atomic mass is 9.95. The predicted molar refractivity (Wildman–Crippen MR) is 107 cm³/mol. The van der Waals surface area contributed by atoms with E-state index in [-0.39, 0.29) is 0 Å². The van der Waals surface area contributed by atoms with E-state index in [9.17, 15) is 0 Å². The molecule has 0 bridgehead atoms. The van der Waals surface area contributed by atoms with Crippen molar-refractivity contribution in [1.29, 1.82) is 0 Å². The third-order valence-corrected chi connectivity index (χ3v) is 5.82. The number of rotatable bonds is 6. The molecule has 1 N–H and O–H groups in total. The number of hydrogen-bond acceptors (Lipinski definition) is 4. The summed E-state index contributed by atoms with van der Waals surface area (Å²) >= 11 is 0. The molecule has 0 amide bonds. The van der Waals surface area contributed by atoms with Crippen LogP contribution in [0, 0.1) is 5.92 Å². The van der Waals surface area contributed by atoms with Gasteiger partial charge in [0.25, 0.3) is 0 Å². The lowest BCUT2D eigenvalue weighted by molar-refractivity contribution is 0.127. The van der Waals surface area contributed by atoms with Gasteiger partial charge in [-0.2, -0.15) is 0 Å². The van der Waals surface area contributed by atoms with Crippen molar-refractivity contribution in [3.63, 3.8) is 0 Å². The molecule has 2 aliphatic heterocycles. The number of benzene rings is 1. The topological polar surface area (TPSA) is 21.8 Å². The van der Waals surface area contributed by atoms with Crippen LogP contribution in [0.1, 0.15) is 32.3 Å². The summed E-state index contributed by atoms with van der Waals surface area (Å²) in [5.41, 5.74) is 2.80. The van der Waals surface area contributed by atoms with Gasteiger partial charge in [0.2, 0.25) is 0 Å². The molecule has 3 rings (SSSR count). The second kappa shape index (κ2) is 9.02. The molecule has 1 aromatic carbocycles. The second-order valence-electron chi connectivity index (χ2n) is 8.17. The summed E-state index contributed by atoms with van der Waals surface area (Å²) in [5, 5.41) is 3.42. The van der Waals surface area contributed by atoms with E-state index in [2.05, 4.69) is 65.2 Å². The largest absolute Gasteiger partial charge is 0.369 e. The molecular formula is C21H36N4. The molecule has 2 heterocycles. The van der Waals surface area contributed by atoms with E-state index in [0.29, 0.717) is 6.04 Å². The van der Waals surface area contributed by atoms with Crippen LogP contribution in [-0.2, 0) is 6.54 Å². The van der Waals surface area contributed by atoms with E-state index in [0.717, 1.165) is 38.6 Å². The van der Waals surface area contributed by atoms with E-state index in [4.69, 9.17) is 0 Å². The molecule has 2 aliphatic rings. The molecule has 2 saturated heterocycles. The SMILES string of the molecule is CC(C)N1CCC(CN(C)Cc2ccc(N3CCNCC3)cc2)CC1. The van der Waals surface area contributed by atoms with E-state index in [1.165, 1.54) is 43.7 Å². The van der Waals surface area contributed by atoms with Crippen LogP contribution in [0.5, 0.6) is 0 Å². The Bertz CT molecular complexity index is 499. The van der Waals surface area contributed by atoms with Gasteiger partial charge in [-0.3, -0.25) is 0 Å². The van der Waals surface area contributed by atoms with Crippen LogP contribution in [0.3, 0.4) is 0 Å². The number of anilines is 1. The van der Waals surface area contributed by atoms with Crippen LogP contribution in [0.4, 0.5) is 5.69 Å². The number of nitrogens with one attached hydrogen (secondary N) is 1. The van der Waals surface area contributed by atoms with Gasteiger partial charge in [-0.05, 0) is 70.4 Å². The molecule has 0 aliphatic carbocycles. The summed E-state index contributed by atoms with van der Waals surface area (Å²) in [7, 11) is 2.28. The van der Waals surface area contributed by atoms with Gasteiger partial charge in [-0.25, -0.2) is 0 Å². The van der Waals surface area contributed by atoms with Gasteiger partial charge >= 0.3 is 0 Å². The second-order valence-corrected chi connectivity index (χ2v) is 8.17. The highest BCUT2D eigenvalue weighted by atomic mass is 15.2. The minimum atomic E-state index is 0.702. The standard InChI is InChI=1S/C21H36N4/c1-18(2)24-12-8-20(9-13-24)17-23(3)16-19-4-6-21(7-5-19)25-14-10-22-11-15-25/h4-7,18,20,22H,8-17H2,1-3H3. The van der Waals surface area contributed by atoms with Gasteiger partial charge in [0, 0.05) is 51.0 Å². The highest BCUT2D eigenvalue weighted by molar-refractivity contribution is 5.48. The van der Waals surface area contributed by atoms with Crippen LogP contribution < -0.4 is 10.2 Å². The van der Waals surface area contributed by atoms with Crippen molar-refractivity contribution in [3.8, 4) is 0 Å². The minimum absolute atomic E-state index is 0.702. The lowest BCUT2D eigenvalue weighted by Gasteiger charge is -2.36. The first kappa shape index (κ1) is 18.7. The number of likely N-dealkylation sites (tertiary alicyclic amines) is 1. The average Bonchev–Trinajstić information content (AvgIpc) is 2.63. The van der Waals surface area contributed by atoms with Crippen LogP contribution in [0.15, 0.2) is 24.3 Å². The molecule has 4 heteroatoms. The Morgan fingerprint density at radius 1 is 1.04 bits per heavy atom. The zero-order chi connectivity index (χ0) is 17.6. The predicted octanol–water partition coefficient (Wildman–Crippen LogP) is 2.65. The maximum absolute atomic E-state index is 3.42. The van der Waals surface area contributed by atoms with Gasteiger partial charge < -0.3 is 20.0 Å². The summed E-state index contributed by atoms with van der Waals surface area (Å²) in [6.07, 6.45) is 2.70. The number of piperazine rings is 1. The van der Waals surface area contributed by atoms with Crippen molar-refractivity contribution in [2.75, 3.05) is 57.8 Å². The van der Waals surface area contributed by atoms with Gasteiger partial charge in [0.15, 0.2) is 0 Å². The molecule has 2 fully saturated rings. The van der Waals surface area contributed by atoms with Crippen LogP contribution in [0.2, 0.25) is 0 Å². The van der Waals surface area contributed by atoms with E-state index in [1.54, 1.807) is 0 Å². The van der Waals surface area contributed by atoms with Gasteiger partial charge in [-0.1, -0.05) is 12.1 Å². The molecule has 0 atom stereocenters. The molecular weight excluding hydrogens is 308 g/mol. The summed E-state index contributed by atoms with van der Waals surface area (Å²) in [6.45, 7) is 13.9. The fourth-order valence-corrected chi connectivity index (χ4v) is 4.20. The van der Waals surface area contributed by atoms with Crippen molar-refractivity contribution < 1.29 is 0 Å². The zero-order valence-corrected chi connectivity index (χ0v) is 16.4. The third-order valence-electron chi connectivity index (χ3n) is 5.82. The fourth-order valence-electron chi connectivity index (χ4n) is 4.20. The Hall–Kier alpha value is -1.10. The quantitative estimate of drug-likeness (QED) is 0.856. The summed E-state index contributed by atoms with van der Waals surface area (Å²) < 4.78 is 0. The van der Waals surface area contributed by atoms with Crippen molar-refractivity contribution in [1.82, 2.24) is 15.1 Å².